The number of nitrogens with zero attached hydrogens (tertiary/aromatic N) is 1. The summed E-state index contributed by atoms with van der Waals surface area (Å²) in [6, 6.07) is 8.40. The number of rotatable bonds is 5. The van der Waals surface area contributed by atoms with Gasteiger partial charge >= 0.3 is 5.97 Å². The van der Waals surface area contributed by atoms with Gasteiger partial charge in [-0.1, -0.05) is 6.07 Å². The smallest absolute Gasteiger partial charge is 0.335 e. The number of hydrogen-bond acceptors (Lipinski definition) is 4. The molecule has 0 aliphatic heterocycles. The lowest BCUT2D eigenvalue weighted by atomic mass is 10.2. The van der Waals surface area contributed by atoms with Gasteiger partial charge in [0.2, 0.25) is 0 Å². The van der Waals surface area contributed by atoms with Gasteiger partial charge in [0.15, 0.2) is 0 Å². The van der Waals surface area contributed by atoms with E-state index in [0.29, 0.717) is 23.7 Å². The zero-order valence-corrected chi connectivity index (χ0v) is 11.7. The van der Waals surface area contributed by atoms with Crippen molar-refractivity contribution in [3.63, 3.8) is 0 Å². The largest absolute Gasteiger partial charge is 0.494 e. The average molecular weight is 290 g/mol. The van der Waals surface area contributed by atoms with Crippen molar-refractivity contribution in [2.45, 2.75) is 6.42 Å². The maximum atomic E-state index is 11.0. The molecule has 2 aromatic rings. The molecule has 0 aliphatic rings. The van der Waals surface area contributed by atoms with Gasteiger partial charge < -0.3 is 15.6 Å². The van der Waals surface area contributed by atoms with Crippen LogP contribution in [0.3, 0.4) is 0 Å². The number of thiophene rings is 1. The lowest BCUT2D eigenvalue weighted by molar-refractivity contribution is 0.0697. The fourth-order valence-electron chi connectivity index (χ4n) is 1.70. The number of carboxylic acid groups (broad SMARTS) is 1. The third-order valence-electron chi connectivity index (χ3n) is 2.63. The van der Waals surface area contributed by atoms with E-state index in [4.69, 9.17) is 15.6 Å². The summed E-state index contributed by atoms with van der Waals surface area (Å²) in [5.74, 6) is -0.113. The fourth-order valence-corrected chi connectivity index (χ4v) is 2.42. The molecule has 0 saturated heterocycles. The van der Waals surface area contributed by atoms with Crippen molar-refractivity contribution in [3.8, 4) is 5.75 Å². The first-order valence-corrected chi connectivity index (χ1v) is 6.75. The Bertz CT molecular complexity index is 636. The zero-order valence-electron chi connectivity index (χ0n) is 10.9. The van der Waals surface area contributed by atoms with Gasteiger partial charge in [0, 0.05) is 11.3 Å². The number of nitrogens with two attached hydrogens (primary N) is 1. The second-order valence-corrected chi connectivity index (χ2v) is 5.08. The molecular weight excluding hydrogens is 276 g/mol. The van der Waals surface area contributed by atoms with Crippen LogP contribution < -0.4 is 10.5 Å². The van der Waals surface area contributed by atoms with Gasteiger partial charge in [-0.05, 0) is 29.6 Å². The van der Waals surface area contributed by atoms with E-state index in [0.717, 1.165) is 4.88 Å². The number of carboxylic acids is 1. The Kier molecular flexibility index (Phi) is 4.37. The molecule has 0 aliphatic carbocycles. The van der Waals surface area contributed by atoms with Gasteiger partial charge in [-0.25, -0.2) is 9.79 Å². The van der Waals surface area contributed by atoms with E-state index in [9.17, 15) is 4.79 Å². The van der Waals surface area contributed by atoms with E-state index in [-0.39, 0.29) is 5.56 Å². The summed E-state index contributed by atoms with van der Waals surface area (Å²) in [6.07, 6.45) is 0.526. The van der Waals surface area contributed by atoms with Crippen molar-refractivity contribution in [2.24, 2.45) is 10.7 Å². The zero-order chi connectivity index (χ0) is 14.5. The molecule has 0 saturated carbocycles. The SMILES string of the molecule is COc1ccc(C(=O)O)cc1N=C(N)Cc1cccs1. The third-order valence-corrected chi connectivity index (χ3v) is 3.50. The molecule has 0 atom stereocenters. The minimum absolute atomic E-state index is 0.147. The molecule has 1 aromatic heterocycles. The van der Waals surface area contributed by atoms with Crippen LogP contribution in [0.15, 0.2) is 40.7 Å². The molecule has 0 bridgehead atoms. The standard InChI is InChI=1S/C14H14N2O3S/c1-19-12-5-4-9(14(17)18)7-11(12)16-13(15)8-10-3-2-6-20-10/h2-7H,8H2,1H3,(H2,15,16)(H,17,18). The predicted molar refractivity (Wildman–Crippen MR) is 79.3 cm³/mol. The molecule has 6 heteroatoms. The number of aromatic carboxylic acids is 1. The summed E-state index contributed by atoms with van der Waals surface area (Å²) in [6.45, 7) is 0. The lowest BCUT2D eigenvalue weighted by Gasteiger charge is -2.06. The molecule has 1 heterocycles. The summed E-state index contributed by atoms with van der Waals surface area (Å²) < 4.78 is 5.16. The molecule has 3 N–H and O–H groups in total. The molecule has 0 spiro atoms. The van der Waals surface area contributed by atoms with Gasteiger partial charge in [-0.2, -0.15) is 0 Å². The van der Waals surface area contributed by atoms with Crippen molar-refractivity contribution in [1.82, 2.24) is 0 Å². The van der Waals surface area contributed by atoms with Crippen LogP contribution in [-0.2, 0) is 6.42 Å². The summed E-state index contributed by atoms with van der Waals surface area (Å²) in [7, 11) is 1.50. The molecule has 0 amide bonds. The number of benzene rings is 1. The van der Waals surface area contributed by atoms with Gasteiger partial charge in [0.05, 0.1) is 12.7 Å². The van der Waals surface area contributed by atoms with Crippen LogP contribution >= 0.6 is 11.3 Å². The fraction of sp³-hybridized carbons (Fsp3) is 0.143. The van der Waals surface area contributed by atoms with Gasteiger partial charge in [0.1, 0.15) is 17.3 Å². The van der Waals surface area contributed by atoms with E-state index in [2.05, 4.69) is 4.99 Å². The lowest BCUT2D eigenvalue weighted by Crippen LogP contribution is -2.13. The first kappa shape index (κ1) is 14.1. The van der Waals surface area contributed by atoms with Crippen LogP contribution in [0.1, 0.15) is 15.2 Å². The van der Waals surface area contributed by atoms with Crippen LogP contribution in [0.2, 0.25) is 0 Å². The van der Waals surface area contributed by atoms with Gasteiger partial charge in [-0.3, -0.25) is 0 Å². The maximum Gasteiger partial charge on any atom is 0.335 e. The van der Waals surface area contributed by atoms with E-state index < -0.39 is 5.97 Å². The van der Waals surface area contributed by atoms with Crippen molar-refractivity contribution in [3.05, 3.63) is 46.2 Å². The monoisotopic (exact) mass is 290 g/mol. The van der Waals surface area contributed by atoms with E-state index in [1.807, 2.05) is 17.5 Å². The quantitative estimate of drug-likeness (QED) is 0.655. The number of carbonyl (C=O) groups is 1. The second-order valence-electron chi connectivity index (χ2n) is 4.05. The predicted octanol–water partition coefficient (Wildman–Crippen LogP) is 2.69. The number of ether oxygens (including phenoxy) is 1. The van der Waals surface area contributed by atoms with Crippen LogP contribution in [0.25, 0.3) is 0 Å². The van der Waals surface area contributed by atoms with Crippen molar-refractivity contribution in [2.75, 3.05) is 7.11 Å². The molecule has 20 heavy (non-hydrogen) atoms. The Balaban J connectivity index is 2.30. The number of methoxy groups -OCH3 is 1. The Hall–Kier alpha value is -2.34. The summed E-state index contributed by atoms with van der Waals surface area (Å²) in [4.78, 5) is 16.3. The van der Waals surface area contributed by atoms with E-state index >= 15 is 0 Å². The first-order chi connectivity index (χ1) is 9.60. The van der Waals surface area contributed by atoms with Crippen molar-refractivity contribution < 1.29 is 14.6 Å². The first-order valence-electron chi connectivity index (χ1n) is 5.87. The highest BCUT2D eigenvalue weighted by Crippen LogP contribution is 2.28. The van der Waals surface area contributed by atoms with E-state index in [1.54, 1.807) is 17.4 Å². The highest BCUT2D eigenvalue weighted by molar-refractivity contribution is 7.10. The van der Waals surface area contributed by atoms with Crippen LogP contribution in [0.5, 0.6) is 5.75 Å². The molecule has 5 nitrogen and oxygen atoms in total. The molecular formula is C14H14N2O3S. The Morgan fingerprint density at radius 2 is 2.25 bits per heavy atom. The molecule has 0 fully saturated rings. The topological polar surface area (TPSA) is 84.9 Å². The molecule has 2 rings (SSSR count). The molecule has 104 valence electrons. The second kappa shape index (κ2) is 6.21. The number of amidine groups is 1. The molecule has 0 radical (unpaired) electrons. The van der Waals surface area contributed by atoms with Crippen molar-refractivity contribution >= 4 is 28.8 Å². The highest BCUT2D eigenvalue weighted by atomic mass is 32.1. The minimum atomic E-state index is -1.01. The normalized spacial score (nSPS) is 11.3. The van der Waals surface area contributed by atoms with Crippen LogP contribution in [0.4, 0.5) is 5.69 Å². The maximum absolute atomic E-state index is 11.0. The summed E-state index contributed by atoms with van der Waals surface area (Å²) in [5.41, 5.74) is 6.47. The minimum Gasteiger partial charge on any atom is -0.494 e. The van der Waals surface area contributed by atoms with Crippen LogP contribution in [0, 0.1) is 0 Å². The Morgan fingerprint density at radius 3 is 2.85 bits per heavy atom. The van der Waals surface area contributed by atoms with Crippen LogP contribution in [-0.4, -0.2) is 24.0 Å². The number of hydrogen-bond donors (Lipinski definition) is 2. The summed E-state index contributed by atoms with van der Waals surface area (Å²) in [5, 5.41) is 11.0. The van der Waals surface area contributed by atoms with Gasteiger partial charge in [0.25, 0.3) is 0 Å². The molecule has 1 aromatic carbocycles. The average Bonchev–Trinajstić information content (AvgIpc) is 2.91. The van der Waals surface area contributed by atoms with E-state index in [1.165, 1.54) is 19.2 Å². The number of aliphatic imine (C=N–C) groups is 1. The highest BCUT2D eigenvalue weighted by Gasteiger charge is 2.09. The molecule has 0 unspecified atom stereocenters. The van der Waals surface area contributed by atoms with Crippen molar-refractivity contribution in [1.29, 1.82) is 0 Å². The Labute approximate surface area is 120 Å². The van der Waals surface area contributed by atoms with Gasteiger partial charge in [-0.15, -0.1) is 11.3 Å². The Morgan fingerprint density at radius 1 is 1.45 bits per heavy atom. The summed E-state index contributed by atoms with van der Waals surface area (Å²) >= 11 is 1.59. The third kappa shape index (κ3) is 3.36.